The minimum atomic E-state index is -0.764. The highest BCUT2D eigenvalue weighted by atomic mass is 32.1. The van der Waals surface area contributed by atoms with Gasteiger partial charge in [-0.3, -0.25) is 0 Å². The molecule has 18 heavy (non-hydrogen) atoms. The normalized spacial score (nSPS) is 11.6. The van der Waals surface area contributed by atoms with Crippen LogP contribution in [0.15, 0.2) is 35.7 Å². The summed E-state index contributed by atoms with van der Waals surface area (Å²) < 4.78 is 4.88. The lowest BCUT2D eigenvalue weighted by Crippen LogP contribution is -2.13. The van der Waals surface area contributed by atoms with Crippen LogP contribution < -0.4 is 0 Å². The molecule has 0 bridgehead atoms. The van der Waals surface area contributed by atoms with E-state index in [1.807, 2.05) is 36.4 Å². The molecule has 0 aliphatic carbocycles. The summed E-state index contributed by atoms with van der Waals surface area (Å²) in [5, 5.41) is 11.0. The van der Waals surface area contributed by atoms with Crippen molar-refractivity contribution in [2.45, 2.75) is 13.0 Å². The summed E-state index contributed by atoms with van der Waals surface area (Å²) >= 11 is 1.37. The van der Waals surface area contributed by atoms with Crippen molar-refractivity contribution < 1.29 is 9.53 Å². The molecule has 4 nitrogen and oxygen atoms in total. The zero-order valence-electron chi connectivity index (χ0n) is 9.66. The fraction of sp³-hybridized carbons (Fsp3) is 0.154. The van der Waals surface area contributed by atoms with Gasteiger partial charge >= 0.3 is 5.97 Å². The Morgan fingerprint density at radius 3 is 2.83 bits per heavy atom. The van der Waals surface area contributed by atoms with Gasteiger partial charge in [0.05, 0.1) is 0 Å². The molecule has 2 aromatic rings. The molecule has 0 amide bonds. The molecular formula is C13H10N2O2S. The molecule has 1 aromatic heterocycles. The van der Waals surface area contributed by atoms with Gasteiger partial charge in [0.25, 0.3) is 0 Å². The van der Waals surface area contributed by atoms with Crippen LogP contribution in [0.2, 0.25) is 0 Å². The van der Waals surface area contributed by atoms with E-state index < -0.39 is 12.1 Å². The van der Waals surface area contributed by atoms with Crippen LogP contribution >= 0.6 is 11.3 Å². The molecule has 90 valence electrons. The zero-order chi connectivity index (χ0) is 13.0. The molecule has 0 fully saturated rings. The topological polar surface area (TPSA) is 63.0 Å². The Morgan fingerprint density at radius 1 is 1.44 bits per heavy atom. The first-order valence-corrected chi connectivity index (χ1v) is 6.20. The van der Waals surface area contributed by atoms with Crippen molar-refractivity contribution in [1.82, 2.24) is 4.98 Å². The van der Waals surface area contributed by atoms with Crippen LogP contribution in [0.5, 0.6) is 0 Å². The fourth-order valence-electron chi connectivity index (χ4n) is 1.33. The molecule has 0 saturated heterocycles. The summed E-state index contributed by atoms with van der Waals surface area (Å²) in [5.74, 6) is -0.567. The SMILES string of the molecule is C[C@@H](C#N)OC(=O)c1csc(-c2ccccc2)n1. The Labute approximate surface area is 108 Å². The van der Waals surface area contributed by atoms with Crippen molar-refractivity contribution in [3.05, 3.63) is 41.4 Å². The van der Waals surface area contributed by atoms with Crippen molar-refractivity contribution >= 4 is 17.3 Å². The van der Waals surface area contributed by atoms with E-state index in [2.05, 4.69) is 4.98 Å². The van der Waals surface area contributed by atoms with E-state index in [0.717, 1.165) is 10.6 Å². The third-order valence-corrected chi connectivity index (χ3v) is 3.09. The van der Waals surface area contributed by atoms with Gasteiger partial charge in [-0.15, -0.1) is 11.3 Å². The lowest BCUT2D eigenvalue weighted by atomic mass is 10.2. The van der Waals surface area contributed by atoms with E-state index in [9.17, 15) is 4.79 Å². The fourth-order valence-corrected chi connectivity index (χ4v) is 2.12. The van der Waals surface area contributed by atoms with E-state index in [-0.39, 0.29) is 5.69 Å². The Bertz CT molecular complexity index is 587. The third kappa shape index (κ3) is 2.73. The number of aromatic nitrogens is 1. The Balaban J connectivity index is 2.17. The minimum Gasteiger partial charge on any atom is -0.443 e. The number of carbonyl (C=O) groups excluding carboxylic acids is 1. The maximum Gasteiger partial charge on any atom is 0.359 e. The number of nitriles is 1. The lowest BCUT2D eigenvalue weighted by Gasteiger charge is -2.02. The number of ether oxygens (including phenoxy) is 1. The van der Waals surface area contributed by atoms with Crippen LogP contribution in [0, 0.1) is 11.3 Å². The zero-order valence-corrected chi connectivity index (χ0v) is 10.5. The van der Waals surface area contributed by atoms with E-state index in [0.29, 0.717) is 0 Å². The van der Waals surface area contributed by atoms with Gasteiger partial charge in [-0.25, -0.2) is 9.78 Å². The van der Waals surface area contributed by atoms with Gasteiger partial charge in [0.1, 0.15) is 11.1 Å². The maximum atomic E-state index is 11.6. The number of benzene rings is 1. The predicted octanol–water partition coefficient (Wildman–Crippen LogP) is 2.88. The molecule has 0 unspecified atom stereocenters. The highest BCUT2D eigenvalue weighted by Crippen LogP contribution is 2.23. The van der Waals surface area contributed by atoms with E-state index in [1.165, 1.54) is 18.3 Å². The van der Waals surface area contributed by atoms with Crippen LogP contribution in [0.1, 0.15) is 17.4 Å². The first-order chi connectivity index (χ1) is 8.70. The highest BCUT2D eigenvalue weighted by Gasteiger charge is 2.15. The van der Waals surface area contributed by atoms with Crippen molar-refractivity contribution in [3.63, 3.8) is 0 Å². The molecule has 1 heterocycles. The van der Waals surface area contributed by atoms with Crippen molar-refractivity contribution in [3.8, 4) is 16.6 Å². The number of hydrogen-bond donors (Lipinski definition) is 0. The second kappa shape index (κ2) is 5.43. The quantitative estimate of drug-likeness (QED) is 0.794. The Morgan fingerprint density at radius 2 is 2.17 bits per heavy atom. The van der Waals surface area contributed by atoms with Crippen molar-refractivity contribution in [2.75, 3.05) is 0 Å². The summed E-state index contributed by atoms with van der Waals surface area (Å²) in [4.78, 5) is 15.8. The smallest absolute Gasteiger partial charge is 0.359 e. The molecule has 0 saturated carbocycles. The number of esters is 1. The highest BCUT2D eigenvalue weighted by molar-refractivity contribution is 7.13. The van der Waals surface area contributed by atoms with Gasteiger partial charge in [0, 0.05) is 10.9 Å². The summed E-state index contributed by atoms with van der Waals surface area (Å²) in [6, 6.07) is 11.4. The van der Waals surface area contributed by atoms with E-state index >= 15 is 0 Å². The van der Waals surface area contributed by atoms with Crippen LogP contribution in [0.25, 0.3) is 10.6 Å². The summed E-state index contributed by atoms with van der Waals surface area (Å²) in [7, 11) is 0. The summed E-state index contributed by atoms with van der Waals surface area (Å²) in [6.45, 7) is 1.52. The van der Waals surface area contributed by atoms with E-state index in [4.69, 9.17) is 10.00 Å². The predicted molar refractivity (Wildman–Crippen MR) is 68.0 cm³/mol. The average Bonchev–Trinajstić information content (AvgIpc) is 2.89. The lowest BCUT2D eigenvalue weighted by molar-refractivity contribution is 0.0429. The first-order valence-electron chi connectivity index (χ1n) is 5.32. The summed E-state index contributed by atoms with van der Waals surface area (Å²) in [5.41, 5.74) is 1.19. The average molecular weight is 258 g/mol. The molecule has 1 aromatic carbocycles. The van der Waals surface area contributed by atoms with Gasteiger partial charge in [0.2, 0.25) is 0 Å². The van der Waals surface area contributed by atoms with Gasteiger partial charge < -0.3 is 4.74 Å². The van der Waals surface area contributed by atoms with Crippen LogP contribution in [-0.2, 0) is 4.74 Å². The minimum absolute atomic E-state index is 0.237. The van der Waals surface area contributed by atoms with Gasteiger partial charge in [-0.1, -0.05) is 30.3 Å². The molecule has 5 heteroatoms. The van der Waals surface area contributed by atoms with Gasteiger partial charge in [-0.05, 0) is 6.92 Å². The van der Waals surface area contributed by atoms with Crippen molar-refractivity contribution in [1.29, 1.82) is 5.26 Å². The maximum absolute atomic E-state index is 11.6. The molecule has 2 rings (SSSR count). The molecule has 0 aliphatic rings. The molecule has 0 radical (unpaired) electrons. The second-order valence-electron chi connectivity index (χ2n) is 3.58. The van der Waals surface area contributed by atoms with Crippen LogP contribution in [0.4, 0.5) is 0 Å². The monoisotopic (exact) mass is 258 g/mol. The number of thiazole rings is 1. The van der Waals surface area contributed by atoms with Crippen molar-refractivity contribution in [2.24, 2.45) is 0 Å². The van der Waals surface area contributed by atoms with Crippen LogP contribution in [-0.4, -0.2) is 17.1 Å². The third-order valence-electron chi connectivity index (χ3n) is 2.20. The van der Waals surface area contributed by atoms with Gasteiger partial charge in [-0.2, -0.15) is 5.26 Å². The molecule has 1 atom stereocenters. The Hall–Kier alpha value is -2.19. The van der Waals surface area contributed by atoms with Crippen LogP contribution in [0.3, 0.4) is 0 Å². The standard InChI is InChI=1S/C13H10N2O2S/c1-9(7-14)17-13(16)11-8-18-12(15-11)10-5-3-2-4-6-10/h2-6,8-9H,1H3/t9-/m0/s1. The van der Waals surface area contributed by atoms with Gasteiger partial charge in [0.15, 0.2) is 11.8 Å². The molecule has 0 spiro atoms. The molecule has 0 aliphatic heterocycles. The first kappa shape index (κ1) is 12.3. The number of nitrogens with zero attached hydrogens (tertiary/aromatic N) is 2. The molecule has 0 N–H and O–H groups in total. The number of rotatable bonds is 3. The Kier molecular flexibility index (Phi) is 3.70. The largest absolute Gasteiger partial charge is 0.443 e. The number of carbonyl (C=O) groups is 1. The number of hydrogen-bond acceptors (Lipinski definition) is 5. The van der Waals surface area contributed by atoms with E-state index in [1.54, 1.807) is 5.38 Å². The second-order valence-corrected chi connectivity index (χ2v) is 4.44. The molecular weight excluding hydrogens is 248 g/mol. The summed E-state index contributed by atoms with van der Waals surface area (Å²) in [6.07, 6.45) is -0.764.